The molecule has 1 saturated heterocycles. The summed E-state index contributed by atoms with van der Waals surface area (Å²) in [6.07, 6.45) is 1.82. The van der Waals surface area contributed by atoms with Gasteiger partial charge < -0.3 is 10.2 Å². The molecule has 90 valence electrons. The first kappa shape index (κ1) is 10.8. The summed E-state index contributed by atoms with van der Waals surface area (Å²) in [5, 5.41) is 8.22. The van der Waals surface area contributed by atoms with E-state index in [1.807, 2.05) is 23.7 Å². The normalized spacial score (nSPS) is 16.7. The van der Waals surface area contributed by atoms with Crippen molar-refractivity contribution in [3.05, 3.63) is 23.0 Å². The standard InChI is InChI=1S/C11H14ClN5/c1-8-7-14-17-10(6-9(12)15-11(8)17)16-4-2-13-3-5-16/h6-7,13H,2-5H2,1H3. The lowest BCUT2D eigenvalue weighted by molar-refractivity contribution is 0.580. The first-order valence-corrected chi connectivity index (χ1v) is 6.10. The number of aromatic nitrogens is 3. The van der Waals surface area contributed by atoms with Crippen molar-refractivity contribution >= 4 is 23.1 Å². The highest BCUT2D eigenvalue weighted by molar-refractivity contribution is 6.29. The van der Waals surface area contributed by atoms with Crippen molar-refractivity contribution in [1.82, 2.24) is 19.9 Å². The molecule has 0 atom stereocenters. The molecule has 0 spiro atoms. The minimum Gasteiger partial charge on any atom is -0.354 e. The van der Waals surface area contributed by atoms with Gasteiger partial charge in [0.05, 0.1) is 6.20 Å². The van der Waals surface area contributed by atoms with Crippen molar-refractivity contribution in [2.24, 2.45) is 0 Å². The molecule has 3 heterocycles. The van der Waals surface area contributed by atoms with Gasteiger partial charge in [-0.15, -0.1) is 0 Å². The van der Waals surface area contributed by atoms with Crippen LogP contribution in [-0.4, -0.2) is 40.8 Å². The third-order valence-corrected chi connectivity index (χ3v) is 3.23. The zero-order valence-corrected chi connectivity index (χ0v) is 10.4. The molecule has 1 N–H and O–H groups in total. The minimum absolute atomic E-state index is 0.523. The number of anilines is 1. The minimum atomic E-state index is 0.523. The lowest BCUT2D eigenvalue weighted by atomic mass is 10.3. The fourth-order valence-corrected chi connectivity index (χ4v) is 2.32. The largest absolute Gasteiger partial charge is 0.354 e. The van der Waals surface area contributed by atoms with Gasteiger partial charge in [-0.2, -0.15) is 9.61 Å². The molecule has 0 unspecified atom stereocenters. The number of nitrogens with one attached hydrogen (secondary N) is 1. The van der Waals surface area contributed by atoms with E-state index in [9.17, 15) is 0 Å². The van der Waals surface area contributed by atoms with Gasteiger partial charge in [0, 0.05) is 37.8 Å². The van der Waals surface area contributed by atoms with Crippen molar-refractivity contribution < 1.29 is 0 Å². The van der Waals surface area contributed by atoms with E-state index in [2.05, 4.69) is 20.3 Å². The van der Waals surface area contributed by atoms with Crippen molar-refractivity contribution in [3.8, 4) is 0 Å². The molecule has 1 aliphatic rings. The SMILES string of the molecule is Cc1cnn2c(N3CCNCC3)cc(Cl)nc12. The molecule has 0 radical (unpaired) electrons. The fraction of sp³-hybridized carbons (Fsp3) is 0.455. The van der Waals surface area contributed by atoms with Crippen LogP contribution < -0.4 is 10.2 Å². The van der Waals surface area contributed by atoms with E-state index in [0.29, 0.717) is 5.15 Å². The molecule has 1 fully saturated rings. The molecule has 0 aliphatic carbocycles. The Morgan fingerprint density at radius 2 is 2.12 bits per heavy atom. The molecule has 5 nitrogen and oxygen atoms in total. The van der Waals surface area contributed by atoms with Crippen LogP contribution in [0.1, 0.15) is 5.56 Å². The first-order chi connectivity index (χ1) is 8.25. The number of hydrogen-bond donors (Lipinski definition) is 1. The summed E-state index contributed by atoms with van der Waals surface area (Å²) in [7, 11) is 0. The van der Waals surface area contributed by atoms with Crippen LogP contribution in [-0.2, 0) is 0 Å². The van der Waals surface area contributed by atoms with Crippen LogP contribution >= 0.6 is 11.6 Å². The molecule has 3 rings (SSSR count). The highest BCUT2D eigenvalue weighted by atomic mass is 35.5. The molecular formula is C11H14ClN5. The number of fused-ring (bicyclic) bond motifs is 1. The van der Waals surface area contributed by atoms with E-state index in [4.69, 9.17) is 11.6 Å². The predicted molar refractivity (Wildman–Crippen MR) is 67.8 cm³/mol. The number of rotatable bonds is 1. The van der Waals surface area contributed by atoms with Gasteiger partial charge in [-0.25, -0.2) is 4.98 Å². The van der Waals surface area contributed by atoms with Gasteiger partial charge in [0.25, 0.3) is 0 Å². The summed E-state index contributed by atoms with van der Waals surface area (Å²) in [6.45, 7) is 5.90. The van der Waals surface area contributed by atoms with Crippen LogP contribution in [0.3, 0.4) is 0 Å². The zero-order chi connectivity index (χ0) is 11.8. The average molecular weight is 252 g/mol. The van der Waals surface area contributed by atoms with Crippen LogP contribution in [0, 0.1) is 6.92 Å². The summed E-state index contributed by atoms with van der Waals surface area (Å²) in [6, 6.07) is 1.88. The first-order valence-electron chi connectivity index (χ1n) is 5.72. The van der Waals surface area contributed by atoms with Gasteiger partial charge >= 0.3 is 0 Å². The van der Waals surface area contributed by atoms with Crippen LogP contribution in [0.25, 0.3) is 5.65 Å². The second-order valence-corrected chi connectivity index (χ2v) is 4.62. The molecule has 0 bridgehead atoms. The molecule has 1 aliphatic heterocycles. The molecule has 2 aromatic rings. The Balaban J connectivity index is 2.13. The van der Waals surface area contributed by atoms with Gasteiger partial charge in [0.2, 0.25) is 0 Å². The third kappa shape index (κ3) is 1.85. The van der Waals surface area contributed by atoms with E-state index in [1.165, 1.54) is 0 Å². The summed E-state index contributed by atoms with van der Waals surface area (Å²) < 4.78 is 1.87. The molecule has 17 heavy (non-hydrogen) atoms. The van der Waals surface area contributed by atoms with Crippen molar-refractivity contribution in [2.75, 3.05) is 31.1 Å². The summed E-state index contributed by atoms with van der Waals surface area (Å²) >= 11 is 6.08. The van der Waals surface area contributed by atoms with Crippen LogP contribution in [0.2, 0.25) is 5.15 Å². The molecular weight excluding hydrogens is 238 g/mol. The van der Waals surface area contributed by atoms with Gasteiger partial charge in [-0.05, 0) is 6.92 Å². The highest BCUT2D eigenvalue weighted by Crippen LogP contribution is 2.21. The average Bonchev–Trinajstić information content (AvgIpc) is 2.72. The second-order valence-electron chi connectivity index (χ2n) is 4.24. The lowest BCUT2D eigenvalue weighted by Crippen LogP contribution is -2.44. The quantitative estimate of drug-likeness (QED) is 0.771. The van der Waals surface area contributed by atoms with Crippen LogP contribution in [0.15, 0.2) is 12.3 Å². The lowest BCUT2D eigenvalue weighted by Gasteiger charge is -2.29. The van der Waals surface area contributed by atoms with Crippen molar-refractivity contribution in [3.63, 3.8) is 0 Å². The fourth-order valence-electron chi connectivity index (χ4n) is 2.15. The summed E-state index contributed by atoms with van der Waals surface area (Å²) in [4.78, 5) is 6.60. The van der Waals surface area contributed by atoms with E-state index in [-0.39, 0.29) is 0 Å². The second kappa shape index (κ2) is 4.16. The Morgan fingerprint density at radius 3 is 2.88 bits per heavy atom. The molecule has 2 aromatic heterocycles. The van der Waals surface area contributed by atoms with E-state index in [1.54, 1.807) is 0 Å². The number of piperazine rings is 1. The molecule has 0 aromatic carbocycles. The maximum Gasteiger partial charge on any atom is 0.161 e. The maximum absolute atomic E-state index is 6.08. The summed E-state index contributed by atoms with van der Waals surface area (Å²) in [5.74, 6) is 1.02. The summed E-state index contributed by atoms with van der Waals surface area (Å²) in [5.41, 5.74) is 1.88. The third-order valence-electron chi connectivity index (χ3n) is 3.04. The number of hydrogen-bond acceptors (Lipinski definition) is 4. The topological polar surface area (TPSA) is 45.5 Å². The Labute approximate surface area is 104 Å². The number of nitrogens with zero attached hydrogens (tertiary/aromatic N) is 4. The Kier molecular flexibility index (Phi) is 2.64. The van der Waals surface area contributed by atoms with Crippen LogP contribution in [0.5, 0.6) is 0 Å². The van der Waals surface area contributed by atoms with Crippen LogP contribution in [0.4, 0.5) is 5.82 Å². The van der Waals surface area contributed by atoms with Gasteiger partial charge in [-0.3, -0.25) is 0 Å². The van der Waals surface area contributed by atoms with Crippen molar-refractivity contribution in [1.29, 1.82) is 0 Å². The smallest absolute Gasteiger partial charge is 0.161 e. The van der Waals surface area contributed by atoms with Gasteiger partial charge in [0.1, 0.15) is 11.0 Å². The number of aryl methyl sites for hydroxylation is 1. The Hall–Kier alpha value is -1.33. The highest BCUT2D eigenvalue weighted by Gasteiger charge is 2.16. The predicted octanol–water partition coefficient (Wildman–Crippen LogP) is 1.10. The van der Waals surface area contributed by atoms with E-state index in [0.717, 1.165) is 43.2 Å². The van der Waals surface area contributed by atoms with E-state index < -0.39 is 0 Å². The molecule has 0 saturated carbocycles. The van der Waals surface area contributed by atoms with Gasteiger partial charge in [-0.1, -0.05) is 11.6 Å². The Morgan fingerprint density at radius 1 is 1.35 bits per heavy atom. The van der Waals surface area contributed by atoms with Gasteiger partial charge in [0.15, 0.2) is 5.65 Å². The molecule has 0 amide bonds. The maximum atomic E-state index is 6.08. The zero-order valence-electron chi connectivity index (χ0n) is 9.65. The molecule has 6 heteroatoms. The monoisotopic (exact) mass is 251 g/mol. The van der Waals surface area contributed by atoms with E-state index >= 15 is 0 Å². The Bertz CT molecular complexity index is 544. The number of halogens is 1. The van der Waals surface area contributed by atoms with Crippen molar-refractivity contribution in [2.45, 2.75) is 6.92 Å².